The van der Waals surface area contributed by atoms with Crippen molar-refractivity contribution in [2.45, 2.75) is 13.0 Å². The van der Waals surface area contributed by atoms with Crippen LogP contribution in [0, 0.1) is 5.92 Å². The molecule has 0 atom stereocenters. The smallest absolute Gasteiger partial charge is 0.317 e. The second-order valence-electron chi connectivity index (χ2n) is 4.66. The maximum Gasteiger partial charge on any atom is 0.317 e. The van der Waals surface area contributed by atoms with Gasteiger partial charge in [-0.3, -0.25) is 4.79 Å². The van der Waals surface area contributed by atoms with Crippen LogP contribution in [-0.2, 0) is 11.3 Å². The molecule has 0 radical (unpaired) electrons. The van der Waals surface area contributed by atoms with E-state index in [1.165, 1.54) is 0 Å². The Balaban J connectivity index is 1.73. The molecule has 19 heavy (non-hydrogen) atoms. The van der Waals surface area contributed by atoms with Crippen LogP contribution in [0.4, 0.5) is 4.79 Å². The highest BCUT2D eigenvalue weighted by atomic mass is 79.9. The van der Waals surface area contributed by atoms with Gasteiger partial charge in [0.1, 0.15) is 0 Å². The lowest BCUT2D eigenvalue weighted by atomic mass is 9.97. The molecule has 1 saturated heterocycles. The summed E-state index contributed by atoms with van der Waals surface area (Å²) in [7, 11) is 0. The SMILES string of the molecule is O=C(O)CC1CN(C(=O)NCc2cccc(Br)c2)C1. The van der Waals surface area contributed by atoms with E-state index < -0.39 is 5.97 Å². The number of carboxylic acids is 1. The van der Waals surface area contributed by atoms with Crippen molar-refractivity contribution in [1.29, 1.82) is 0 Å². The van der Waals surface area contributed by atoms with Crippen molar-refractivity contribution in [2.24, 2.45) is 5.92 Å². The molecule has 1 heterocycles. The average Bonchev–Trinajstić information content (AvgIpc) is 2.30. The summed E-state index contributed by atoms with van der Waals surface area (Å²) >= 11 is 3.37. The molecule has 0 unspecified atom stereocenters. The molecule has 1 aliphatic heterocycles. The highest BCUT2D eigenvalue weighted by Gasteiger charge is 2.31. The molecule has 0 bridgehead atoms. The molecule has 102 valence electrons. The number of carbonyl (C=O) groups is 2. The monoisotopic (exact) mass is 326 g/mol. The fourth-order valence-electron chi connectivity index (χ4n) is 2.05. The van der Waals surface area contributed by atoms with E-state index in [1.54, 1.807) is 4.90 Å². The number of benzene rings is 1. The van der Waals surface area contributed by atoms with Gasteiger partial charge in [-0.05, 0) is 17.7 Å². The van der Waals surface area contributed by atoms with Crippen LogP contribution in [0.3, 0.4) is 0 Å². The van der Waals surface area contributed by atoms with Gasteiger partial charge in [-0.15, -0.1) is 0 Å². The third kappa shape index (κ3) is 3.96. The first-order valence-electron chi connectivity index (χ1n) is 6.03. The van der Waals surface area contributed by atoms with Crippen molar-refractivity contribution in [2.75, 3.05) is 13.1 Å². The van der Waals surface area contributed by atoms with Crippen LogP contribution in [0.1, 0.15) is 12.0 Å². The van der Waals surface area contributed by atoms with Gasteiger partial charge in [-0.1, -0.05) is 28.1 Å². The van der Waals surface area contributed by atoms with Crippen LogP contribution in [0.5, 0.6) is 0 Å². The number of urea groups is 1. The van der Waals surface area contributed by atoms with Gasteiger partial charge in [0, 0.05) is 30.0 Å². The topological polar surface area (TPSA) is 69.6 Å². The quantitative estimate of drug-likeness (QED) is 0.889. The molecule has 0 saturated carbocycles. The maximum absolute atomic E-state index is 11.8. The summed E-state index contributed by atoms with van der Waals surface area (Å²) < 4.78 is 0.977. The van der Waals surface area contributed by atoms with E-state index in [-0.39, 0.29) is 18.4 Å². The molecule has 1 aromatic carbocycles. The third-order valence-electron chi connectivity index (χ3n) is 3.04. The Morgan fingerprint density at radius 1 is 1.42 bits per heavy atom. The fourth-order valence-corrected chi connectivity index (χ4v) is 2.49. The number of hydrogen-bond donors (Lipinski definition) is 2. The number of carboxylic acid groups (broad SMARTS) is 1. The van der Waals surface area contributed by atoms with Crippen LogP contribution in [0.25, 0.3) is 0 Å². The predicted molar refractivity (Wildman–Crippen MR) is 73.7 cm³/mol. The zero-order valence-electron chi connectivity index (χ0n) is 10.3. The summed E-state index contributed by atoms with van der Waals surface area (Å²) in [5, 5.41) is 11.4. The number of likely N-dealkylation sites (tertiary alicyclic amines) is 1. The van der Waals surface area contributed by atoms with E-state index in [1.807, 2.05) is 24.3 Å². The number of nitrogens with one attached hydrogen (secondary N) is 1. The molecule has 0 aromatic heterocycles. The zero-order valence-corrected chi connectivity index (χ0v) is 11.9. The minimum Gasteiger partial charge on any atom is -0.481 e. The molecule has 5 nitrogen and oxygen atoms in total. The third-order valence-corrected chi connectivity index (χ3v) is 3.53. The van der Waals surface area contributed by atoms with E-state index in [0.29, 0.717) is 19.6 Å². The number of amides is 2. The minimum atomic E-state index is -0.806. The Hall–Kier alpha value is -1.56. The summed E-state index contributed by atoms with van der Waals surface area (Å²) in [6.07, 6.45) is 0.134. The number of hydrogen-bond acceptors (Lipinski definition) is 2. The fraction of sp³-hybridized carbons (Fsp3) is 0.385. The van der Waals surface area contributed by atoms with Gasteiger partial charge in [0.25, 0.3) is 0 Å². The molecule has 2 amide bonds. The lowest BCUT2D eigenvalue weighted by Crippen LogP contribution is -2.54. The molecule has 0 spiro atoms. The van der Waals surface area contributed by atoms with Crippen LogP contribution < -0.4 is 5.32 Å². The summed E-state index contributed by atoms with van der Waals surface area (Å²) in [5.74, 6) is -0.715. The first-order valence-corrected chi connectivity index (χ1v) is 6.83. The molecular weight excluding hydrogens is 312 g/mol. The molecule has 1 fully saturated rings. The second-order valence-corrected chi connectivity index (χ2v) is 5.57. The molecule has 0 aliphatic carbocycles. The Kier molecular flexibility index (Phi) is 4.42. The van der Waals surface area contributed by atoms with Crippen LogP contribution in [0.2, 0.25) is 0 Å². The van der Waals surface area contributed by atoms with Crippen molar-refractivity contribution in [3.8, 4) is 0 Å². The van der Waals surface area contributed by atoms with Gasteiger partial charge in [0.15, 0.2) is 0 Å². The first kappa shape index (κ1) is 13.9. The maximum atomic E-state index is 11.8. The van der Waals surface area contributed by atoms with Gasteiger partial charge >= 0.3 is 12.0 Å². The lowest BCUT2D eigenvalue weighted by Gasteiger charge is -2.38. The number of aliphatic carboxylic acids is 1. The van der Waals surface area contributed by atoms with Crippen molar-refractivity contribution in [3.63, 3.8) is 0 Å². The minimum absolute atomic E-state index is 0.0918. The Labute approximate surface area is 119 Å². The van der Waals surface area contributed by atoms with Crippen LogP contribution in [0.15, 0.2) is 28.7 Å². The van der Waals surface area contributed by atoms with Crippen molar-refractivity contribution in [3.05, 3.63) is 34.3 Å². The number of rotatable bonds is 4. The van der Waals surface area contributed by atoms with Gasteiger partial charge < -0.3 is 15.3 Å². The zero-order chi connectivity index (χ0) is 13.8. The standard InChI is InChI=1S/C13H15BrN2O3/c14-11-3-1-2-9(4-11)6-15-13(19)16-7-10(8-16)5-12(17)18/h1-4,10H,5-8H2,(H,15,19)(H,17,18). The first-order chi connectivity index (χ1) is 9.04. The van der Waals surface area contributed by atoms with E-state index in [0.717, 1.165) is 10.0 Å². The number of nitrogens with zero attached hydrogens (tertiary/aromatic N) is 1. The van der Waals surface area contributed by atoms with E-state index >= 15 is 0 Å². The van der Waals surface area contributed by atoms with Gasteiger partial charge in [-0.2, -0.15) is 0 Å². The summed E-state index contributed by atoms with van der Waals surface area (Å²) in [6, 6.07) is 7.59. The molecule has 2 N–H and O–H groups in total. The molecular formula is C13H15BrN2O3. The van der Waals surface area contributed by atoms with E-state index in [4.69, 9.17) is 5.11 Å². The number of carbonyl (C=O) groups excluding carboxylic acids is 1. The highest BCUT2D eigenvalue weighted by molar-refractivity contribution is 9.10. The summed E-state index contributed by atoms with van der Waals surface area (Å²) in [4.78, 5) is 23.9. The van der Waals surface area contributed by atoms with Gasteiger partial charge in [0.2, 0.25) is 0 Å². The predicted octanol–water partition coefficient (Wildman–Crippen LogP) is 2.07. The highest BCUT2D eigenvalue weighted by Crippen LogP contribution is 2.19. The normalized spacial score (nSPS) is 14.9. The van der Waals surface area contributed by atoms with E-state index in [9.17, 15) is 9.59 Å². The van der Waals surface area contributed by atoms with Crippen LogP contribution in [-0.4, -0.2) is 35.1 Å². The Bertz CT molecular complexity index is 487. The summed E-state index contributed by atoms with van der Waals surface area (Å²) in [6.45, 7) is 1.52. The van der Waals surface area contributed by atoms with Crippen molar-refractivity contribution < 1.29 is 14.7 Å². The average molecular weight is 327 g/mol. The summed E-state index contributed by atoms with van der Waals surface area (Å²) in [5.41, 5.74) is 1.02. The Morgan fingerprint density at radius 2 is 2.16 bits per heavy atom. The lowest BCUT2D eigenvalue weighted by molar-refractivity contribution is -0.139. The Morgan fingerprint density at radius 3 is 2.79 bits per heavy atom. The molecule has 6 heteroatoms. The van der Waals surface area contributed by atoms with Crippen molar-refractivity contribution in [1.82, 2.24) is 10.2 Å². The molecule has 1 aliphatic rings. The molecule has 1 aromatic rings. The van der Waals surface area contributed by atoms with Gasteiger partial charge in [-0.25, -0.2) is 4.79 Å². The molecule has 2 rings (SSSR count). The van der Waals surface area contributed by atoms with E-state index in [2.05, 4.69) is 21.2 Å². The second kappa shape index (κ2) is 6.06. The largest absolute Gasteiger partial charge is 0.481 e. The number of halogens is 1. The van der Waals surface area contributed by atoms with Gasteiger partial charge in [0.05, 0.1) is 6.42 Å². The van der Waals surface area contributed by atoms with Crippen LogP contribution >= 0.6 is 15.9 Å². The van der Waals surface area contributed by atoms with Crippen molar-refractivity contribution >= 4 is 27.9 Å².